The van der Waals surface area contributed by atoms with Crippen LogP contribution in [0, 0.1) is 6.92 Å². The summed E-state index contributed by atoms with van der Waals surface area (Å²) in [4.78, 5) is 26.2. The minimum absolute atomic E-state index is 0.203. The Morgan fingerprint density at radius 3 is 2.83 bits per heavy atom. The van der Waals surface area contributed by atoms with Crippen LogP contribution in [0.2, 0.25) is 0 Å². The molecule has 0 atom stereocenters. The summed E-state index contributed by atoms with van der Waals surface area (Å²) in [6.45, 7) is 5.69. The van der Waals surface area contributed by atoms with Crippen molar-refractivity contribution in [2.45, 2.75) is 27.2 Å². The van der Waals surface area contributed by atoms with E-state index in [-0.39, 0.29) is 17.7 Å². The number of carbonyl (C=O) groups is 1. The van der Waals surface area contributed by atoms with Crippen LogP contribution in [-0.2, 0) is 11.2 Å². The van der Waals surface area contributed by atoms with E-state index in [1.165, 1.54) is 6.20 Å². The third-order valence-corrected chi connectivity index (χ3v) is 2.86. The third-order valence-electron chi connectivity index (χ3n) is 2.86. The van der Waals surface area contributed by atoms with Gasteiger partial charge in [-0.25, -0.2) is 9.31 Å². The smallest absolute Gasteiger partial charge is 0.343 e. The van der Waals surface area contributed by atoms with Crippen molar-refractivity contribution in [2.75, 3.05) is 6.61 Å². The fourth-order valence-corrected chi connectivity index (χ4v) is 1.94. The normalized spacial score (nSPS) is 10.8. The second kappa shape index (κ2) is 4.64. The van der Waals surface area contributed by atoms with Gasteiger partial charge in [0.1, 0.15) is 5.56 Å². The summed E-state index contributed by atoms with van der Waals surface area (Å²) in [6, 6.07) is 0. The summed E-state index contributed by atoms with van der Waals surface area (Å²) < 4.78 is 6.51. The summed E-state index contributed by atoms with van der Waals surface area (Å²) in [5.41, 5.74) is 1.88. The summed E-state index contributed by atoms with van der Waals surface area (Å²) in [6.07, 6.45) is 2.08. The molecule has 0 aliphatic heterocycles. The van der Waals surface area contributed by atoms with E-state index < -0.39 is 5.97 Å². The first-order valence-electron chi connectivity index (χ1n) is 5.86. The first kappa shape index (κ1) is 12.3. The number of nitrogens with one attached hydrogen (secondary N) is 1. The van der Waals surface area contributed by atoms with Crippen molar-refractivity contribution >= 4 is 11.6 Å². The molecule has 0 unspecified atom stereocenters. The van der Waals surface area contributed by atoms with Crippen LogP contribution in [0.3, 0.4) is 0 Å². The van der Waals surface area contributed by atoms with E-state index in [1.807, 2.05) is 6.92 Å². The Labute approximate surface area is 104 Å². The summed E-state index contributed by atoms with van der Waals surface area (Å²) in [7, 11) is 0. The number of hydrogen-bond donors (Lipinski definition) is 1. The van der Waals surface area contributed by atoms with Crippen LogP contribution in [0.1, 0.15) is 35.5 Å². The molecule has 0 amide bonds. The van der Waals surface area contributed by atoms with Crippen molar-refractivity contribution in [2.24, 2.45) is 0 Å². The zero-order valence-electron chi connectivity index (χ0n) is 10.6. The van der Waals surface area contributed by atoms with Crippen LogP contribution in [0.5, 0.6) is 0 Å². The fraction of sp³-hybridized carbons (Fsp3) is 0.417. The van der Waals surface area contributed by atoms with Crippen molar-refractivity contribution in [1.29, 1.82) is 0 Å². The first-order chi connectivity index (χ1) is 8.60. The molecule has 0 aliphatic carbocycles. The molecule has 0 fully saturated rings. The molecule has 2 heterocycles. The zero-order valence-corrected chi connectivity index (χ0v) is 10.6. The quantitative estimate of drug-likeness (QED) is 0.825. The number of nitrogens with zero attached hydrogens (tertiary/aromatic N) is 2. The lowest BCUT2D eigenvalue weighted by Crippen LogP contribution is -2.18. The molecule has 0 aliphatic rings. The molecule has 0 spiro atoms. The monoisotopic (exact) mass is 249 g/mol. The molecular weight excluding hydrogens is 234 g/mol. The van der Waals surface area contributed by atoms with E-state index in [2.05, 4.69) is 10.1 Å². The van der Waals surface area contributed by atoms with E-state index in [4.69, 9.17) is 4.74 Å². The van der Waals surface area contributed by atoms with Gasteiger partial charge in [-0.3, -0.25) is 4.79 Å². The summed E-state index contributed by atoms with van der Waals surface area (Å²) in [5.74, 6) is -0.478. The van der Waals surface area contributed by atoms with Crippen molar-refractivity contribution in [3.05, 3.63) is 33.4 Å². The van der Waals surface area contributed by atoms with Gasteiger partial charge >= 0.3 is 5.97 Å². The lowest BCUT2D eigenvalue weighted by Gasteiger charge is -2.06. The van der Waals surface area contributed by atoms with Crippen LogP contribution >= 0.6 is 0 Å². The topological polar surface area (TPSA) is 76.5 Å². The van der Waals surface area contributed by atoms with Gasteiger partial charge in [0.25, 0.3) is 5.56 Å². The van der Waals surface area contributed by atoms with Gasteiger partial charge in [0.05, 0.1) is 18.5 Å². The predicted molar refractivity (Wildman–Crippen MR) is 65.9 cm³/mol. The van der Waals surface area contributed by atoms with Gasteiger partial charge in [-0.05, 0) is 20.3 Å². The van der Waals surface area contributed by atoms with E-state index in [1.54, 1.807) is 18.4 Å². The maximum atomic E-state index is 11.8. The van der Waals surface area contributed by atoms with E-state index in [9.17, 15) is 9.59 Å². The van der Waals surface area contributed by atoms with Crippen molar-refractivity contribution in [3.63, 3.8) is 0 Å². The Hall–Kier alpha value is -2.11. The number of rotatable bonds is 3. The third kappa shape index (κ3) is 1.79. The Morgan fingerprint density at radius 1 is 1.50 bits per heavy atom. The lowest BCUT2D eigenvalue weighted by molar-refractivity contribution is 0.0528. The van der Waals surface area contributed by atoms with E-state index >= 15 is 0 Å². The SMILES string of the molecule is CCOC(=O)c1cnn2c(CC)c(C)c(=O)[nH]c12. The molecule has 0 bridgehead atoms. The standard InChI is InChI=1S/C12H15N3O3/c1-4-9-7(3)11(16)14-10-8(6-13-15(9)10)12(17)18-5-2/h6H,4-5H2,1-3H3,(H,14,16). The number of esters is 1. The Morgan fingerprint density at radius 2 is 2.22 bits per heavy atom. The molecule has 2 rings (SSSR count). The van der Waals surface area contributed by atoms with Gasteiger partial charge in [-0.15, -0.1) is 0 Å². The number of aromatic amines is 1. The zero-order chi connectivity index (χ0) is 13.3. The van der Waals surface area contributed by atoms with Crippen LogP contribution in [-0.4, -0.2) is 27.2 Å². The molecule has 1 N–H and O–H groups in total. The Bertz CT molecular complexity index is 654. The minimum atomic E-state index is -0.478. The number of hydrogen-bond acceptors (Lipinski definition) is 4. The molecule has 2 aromatic rings. The van der Waals surface area contributed by atoms with Crippen LogP contribution < -0.4 is 5.56 Å². The number of aromatic nitrogens is 3. The molecule has 6 heteroatoms. The first-order valence-corrected chi connectivity index (χ1v) is 5.86. The van der Waals surface area contributed by atoms with Crippen LogP contribution in [0.4, 0.5) is 0 Å². The molecule has 0 saturated heterocycles. The van der Waals surface area contributed by atoms with Gasteiger partial charge in [0.2, 0.25) is 0 Å². The average molecular weight is 249 g/mol. The van der Waals surface area contributed by atoms with Gasteiger partial charge in [-0.1, -0.05) is 6.92 Å². The predicted octanol–water partition coefficient (Wildman–Crippen LogP) is 1.07. The van der Waals surface area contributed by atoms with E-state index in [0.717, 1.165) is 5.69 Å². The highest BCUT2D eigenvalue weighted by Gasteiger charge is 2.17. The highest BCUT2D eigenvalue weighted by Crippen LogP contribution is 2.12. The molecular formula is C12H15N3O3. The second-order valence-electron chi connectivity index (χ2n) is 3.92. The van der Waals surface area contributed by atoms with Crippen molar-refractivity contribution < 1.29 is 9.53 Å². The molecule has 2 aromatic heterocycles. The molecule has 0 aromatic carbocycles. The van der Waals surface area contributed by atoms with Gasteiger partial charge < -0.3 is 9.72 Å². The number of aryl methyl sites for hydroxylation is 1. The van der Waals surface area contributed by atoms with Crippen LogP contribution in [0.15, 0.2) is 11.0 Å². The molecule has 96 valence electrons. The highest BCUT2D eigenvalue weighted by atomic mass is 16.5. The molecule has 0 radical (unpaired) electrons. The number of fused-ring (bicyclic) bond motifs is 1. The number of carbonyl (C=O) groups excluding carboxylic acids is 1. The Kier molecular flexibility index (Phi) is 3.18. The van der Waals surface area contributed by atoms with Crippen LogP contribution in [0.25, 0.3) is 5.65 Å². The maximum absolute atomic E-state index is 11.8. The largest absolute Gasteiger partial charge is 0.462 e. The number of H-pyrrole nitrogens is 1. The van der Waals surface area contributed by atoms with Gasteiger partial charge in [-0.2, -0.15) is 5.10 Å². The van der Waals surface area contributed by atoms with Gasteiger partial charge in [0.15, 0.2) is 5.65 Å². The van der Waals surface area contributed by atoms with Crippen molar-refractivity contribution in [1.82, 2.24) is 14.6 Å². The number of ether oxygens (including phenoxy) is 1. The second-order valence-corrected chi connectivity index (χ2v) is 3.92. The Balaban J connectivity index is 2.71. The lowest BCUT2D eigenvalue weighted by atomic mass is 10.2. The highest BCUT2D eigenvalue weighted by molar-refractivity contribution is 5.95. The van der Waals surface area contributed by atoms with Gasteiger partial charge in [0, 0.05) is 5.56 Å². The molecule has 0 saturated carbocycles. The maximum Gasteiger partial charge on any atom is 0.343 e. The summed E-state index contributed by atoms with van der Waals surface area (Å²) >= 11 is 0. The molecule has 6 nitrogen and oxygen atoms in total. The minimum Gasteiger partial charge on any atom is -0.462 e. The molecule has 18 heavy (non-hydrogen) atoms. The fourth-order valence-electron chi connectivity index (χ4n) is 1.94. The summed E-state index contributed by atoms with van der Waals surface area (Å²) in [5, 5.41) is 4.14. The van der Waals surface area contributed by atoms with Crippen molar-refractivity contribution in [3.8, 4) is 0 Å². The van der Waals surface area contributed by atoms with E-state index in [0.29, 0.717) is 17.6 Å². The average Bonchev–Trinajstić information content (AvgIpc) is 2.74.